The van der Waals surface area contributed by atoms with Crippen molar-refractivity contribution in [1.82, 2.24) is 9.19 Å². The Morgan fingerprint density at radius 3 is 2.62 bits per heavy atom. The second kappa shape index (κ2) is 1.70. The molecular weight excluding hydrogens is 124 g/mol. The van der Waals surface area contributed by atoms with E-state index in [4.69, 9.17) is 0 Å². The van der Waals surface area contributed by atoms with Gasteiger partial charge in [-0.3, -0.25) is 9.89 Å². The van der Waals surface area contributed by atoms with Gasteiger partial charge in [0.05, 0.1) is 0 Å². The number of H-pyrrole nitrogens is 1. The molecule has 1 aromatic heterocycles. The molecule has 0 amide bonds. The zero-order chi connectivity index (χ0) is 6.15. The van der Waals surface area contributed by atoms with Crippen LogP contribution in [0.3, 0.4) is 0 Å². The first-order chi connectivity index (χ1) is 3.70. The van der Waals surface area contributed by atoms with E-state index in [0.29, 0.717) is 5.56 Å². The maximum absolute atomic E-state index is 10.5. The van der Waals surface area contributed by atoms with Gasteiger partial charge in [0, 0.05) is 11.8 Å². The summed E-state index contributed by atoms with van der Waals surface area (Å²) < 4.78 is 1.33. The van der Waals surface area contributed by atoms with E-state index in [0.717, 1.165) is 0 Å². The minimum absolute atomic E-state index is 0.0833. The van der Waals surface area contributed by atoms with Gasteiger partial charge >= 0.3 is 0 Å². The molecule has 4 heteroatoms. The topological polar surface area (TPSA) is 37.8 Å². The van der Waals surface area contributed by atoms with Crippen molar-refractivity contribution >= 4 is 12.8 Å². The third kappa shape index (κ3) is 0.790. The fraction of sp³-hybridized carbons (Fsp3) is 0.250. The summed E-state index contributed by atoms with van der Waals surface area (Å²) in [5, 5.41) is 2.43. The molecule has 44 valence electrons. The number of thiol groups is 1. The monoisotopic (exact) mass is 130 g/mol. The standard InChI is InChI=1S/C4H6N2OS/c1-3-2-6(8)5-4(3)7/h2,8H,1H3,(H,5,7). The van der Waals surface area contributed by atoms with Gasteiger partial charge in [-0.25, -0.2) is 4.09 Å². The minimum atomic E-state index is -0.0833. The van der Waals surface area contributed by atoms with Gasteiger partial charge in [-0.2, -0.15) is 0 Å². The summed E-state index contributed by atoms with van der Waals surface area (Å²) in [7, 11) is 0. The highest BCUT2D eigenvalue weighted by molar-refractivity contribution is 7.78. The number of aromatic amines is 1. The van der Waals surface area contributed by atoms with Crippen LogP contribution in [0.1, 0.15) is 5.56 Å². The van der Waals surface area contributed by atoms with Gasteiger partial charge in [-0.05, 0) is 19.7 Å². The Morgan fingerprint density at radius 2 is 2.50 bits per heavy atom. The lowest BCUT2D eigenvalue weighted by Gasteiger charge is -1.78. The number of aryl methyl sites for hydroxylation is 1. The number of rotatable bonds is 0. The van der Waals surface area contributed by atoms with Crippen LogP contribution >= 0.6 is 12.8 Å². The zero-order valence-corrected chi connectivity index (χ0v) is 5.27. The molecule has 1 aromatic rings. The average molecular weight is 130 g/mol. The van der Waals surface area contributed by atoms with Gasteiger partial charge in [-0.1, -0.05) is 0 Å². The van der Waals surface area contributed by atoms with E-state index in [-0.39, 0.29) is 5.56 Å². The predicted octanol–water partition coefficient (Wildman–Crippen LogP) is 0.178. The van der Waals surface area contributed by atoms with E-state index in [9.17, 15) is 4.79 Å². The Hall–Kier alpha value is -0.640. The van der Waals surface area contributed by atoms with Crippen LogP contribution < -0.4 is 5.56 Å². The van der Waals surface area contributed by atoms with Crippen LogP contribution in [0.15, 0.2) is 11.0 Å². The summed E-state index contributed by atoms with van der Waals surface area (Å²) in [4.78, 5) is 10.5. The number of nitrogens with zero attached hydrogens (tertiary/aromatic N) is 1. The molecule has 1 rings (SSSR count). The van der Waals surface area contributed by atoms with Gasteiger partial charge in [0.15, 0.2) is 0 Å². The summed E-state index contributed by atoms with van der Waals surface area (Å²) in [5.41, 5.74) is 0.597. The molecule has 1 heterocycles. The van der Waals surface area contributed by atoms with Crippen molar-refractivity contribution in [2.24, 2.45) is 0 Å². The molecule has 0 fully saturated rings. The molecule has 8 heavy (non-hydrogen) atoms. The maximum atomic E-state index is 10.5. The molecule has 0 aromatic carbocycles. The molecule has 1 N–H and O–H groups in total. The van der Waals surface area contributed by atoms with Gasteiger partial charge < -0.3 is 0 Å². The van der Waals surface area contributed by atoms with Crippen molar-refractivity contribution < 1.29 is 0 Å². The Morgan fingerprint density at radius 1 is 1.88 bits per heavy atom. The van der Waals surface area contributed by atoms with E-state index < -0.39 is 0 Å². The van der Waals surface area contributed by atoms with Crippen molar-refractivity contribution in [2.45, 2.75) is 6.92 Å². The van der Waals surface area contributed by atoms with Gasteiger partial charge in [0.2, 0.25) is 0 Å². The number of hydrogen-bond acceptors (Lipinski definition) is 2. The number of nitrogens with one attached hydrogen (secondary N) is 1. The van der Waals surface area contributed by atoms with E-state index in [2.05, 4.69) is 17.9 Å². The summed E-state index contributed by atoms with van der Waals surface area (Å²) in [5.74, 6) is 0. The summed E-state index contributed by atoms with van der Waals surface area (Å²) in [6, 6.07) is 0. The lowest BCUT2D eigenvalue weighted by molar-refractivity contribution is 0.992. The van der Waals surface area contributed by atoms with Crippen LogP contribution in [0, 0.1) is 6.92 Å². The van der Waals surface area contributed by atoms with Crippen LogP contribution in [-0.2, 0) is 0 Å². The van der Waals surface area contributed by atoms with Crippen molar-refractivity contribution in [3.8, 4) is 0 Å². The van der Waals surface area contributed by atoms with Gasteiger partial charge in [-0.15, -0.1) is 0 Å². The van der Waals surface area contributed by atoms with Crippen molar-refractivity contribution in [3.05, 3.63) is 22.1 Å². The van der Waals surface area contributed by atoms with E-state index in [1.54, 1.807) is 13.1 Å². The number of hydrogen-bond donors (Lipinski definition) is 2. The normalized spacial score (nSPS) is 9.75. The second-order valence-electron chi connectivity index (χ2n) is 1.60. The Bertz CT molecular complexity index is 236. The van der Waals surface area contributed by atoms with Gasteiger partial charge in [0.1, 0.15) is 0 Å². The summed E-state index contributed by atoms with van der Waals surface area (Å²) in [6.07, 6.45) is 1.62. The molecule has 0 atom stereocenters. The summed E-state index contributed by atoms with van der Waals surface area (Å²) in [6.45, 7) is 1.73. The average Bonchev–Trinajstić information content (AvgIpc) is 1.85. The molecule has 3 nitrogen and oxygen atoms in total. The smallest absolute Gasteiger partial charge is 0.267 e. The fourth-order valence-electron chi connectivity index (χ4n) is 0.467. The highest BCUT2D eigenvalue weighted by Gasteiger charge is 1.91. The maximum Gasteiger partial charge on any atom is 0.267 e. The Labute approximate surface area is 51.9 Å². The molecule has 0 spiro atoms. The van der Waals surface area contributed by atoms with E-state index >= 15 is 0 Å². The molecule has 0 aliphatic rings. The minimum Gasteiger partial charge on any atom is -0.268 e. The first-order valence-corrected chi connectivity index (χ1v) is 2.57. The first kappa shape index (κ1) is 5.50. The predicted molar refractivity (Wildman–Crippen MR) is 34.2 cm³/mol. The lowest BCUT2D eigenvalue weighted by atomic mass is 10.4. The zero-order valence-electron chi connectivity index (χ0n) is 4.38. The second-order valence-corrected chi connectivity index (χ2v) is 2.03. The highest BCUT2D eigenvalue weighted by atomic mass is 32.1. The summed E-state index contributed by atoms with van der Waals surface area (Å²) >= 11 is 3.84. The molecule has 0 unspecified atom stereocenters. The third-order valence-electron chi connectivity index (χ3n) is 0.890. The molecule has 0 radical (unpaired) electrons. The van der Waals surface area contributed by atoms with Gasteiger partial charge in [0.25, 0.3) is 5.56 Å². The van der Waals surface area contributed by atoms with Crippen LogP contribution in [0.5, 0.6) is 0 Å². The largest absolute Gasteiger partial charge is 0.268 e. The van der Waals surface area contributed by atoms with Crippen molar-refractivity contribution in [1.29, 1.82) is 0 Å². The van der Waals surface area contributed by atoms with Crippen LogP contribution in [0.25, 0.3) is 0 Å². The molecule has 0 saturated carbocycles. The van der Waals surface area contributed by atoms with E-state index in [1.807, 2.05) is 0 Å². The molecule has 0 saturated heterocycles. The molecule has 0 bridgehead atoms. The number of aromatic nitrogens is 2. The van der Waals surface area contributed by atoms with Crippen LogP contribution in [-0.4, -0.2) is 9.19 Å². The Balaban J connectivity index is 3.35. The first-order valence-electron chi connectivity index (χ1n) is 2.17. The SMILES string of the molecule is Cc1cn(S)[nH]c1=O. The van der Waals surface area contributed by atoms with Crippen molar-refractivity contribution in [2.75, 3.05) is 0 Å². The van der Waals surface area contributed by atoms with Crippen LogP contribution in [0.4, 0.5) is 0 Å². The van der Waals surface area contributed by atoms with E-state index in [1.165, 1.54) is 4.09 Å². The highest BCUT2D eigenvalue weighted by Crippen LogP contribution is 1.86. The Kier molecular flexibility index (Phi) is 1.17. The third-order valence-corrected chi connectivity index (χ3v) is 1.11. The molecule has 0 aliphatic carbocycles. The molecular formula is C4H6N2OS. The van der Waals surface area contributed by atoms with Crippen molar-refractivity contribution in [3.63, 3.8) is 0 Å². The molecule has 0 aliphatic heterocycles. The fourth-order valence-corrected chi connectivity index (χ4v) is 0.731. The lowest BCUT2D eigenvalue weighted by Crippen LogP contribution is -2.01. The quantitative estimate of drug-likeness (QED) is 0.483. The van der Waals surface area contributed by atoms with Crippen LogP contribution in [0.2, 0.25) is 0 Å².